The highest BCUT2D eigenvalue weighted by Crippen LogP contribution is 2.28. The van der Waals surface area contributed by atoms with Crippen LogP contribution in [0.4, 0.5) is 0 Å². The van der Waals surface area contributed by atoms with Gasteiger partial charge >= 0.3 is 0 Å². The van der Waals surface area contributed by atoms with Gasteiger partial charge in [-0.15, -0.1) is 0 Å². The molecular weight excluding hydrogens is 428 g/mol. The van der Waals surface area contributed by atoms with Crippen LogP contribution in [-0.2, 0) is 16.2 Å². The molecule has 2 aromatic rings. The van der Waals surface area contributed by atoms with Gasteiger partial charge in [-0.1, -0.05) is 24.3 Å². The van der Waals surface area contributed by atoms with Crippen molar-refractivity contribution in [2.75, 3.05) is 0 Å². The quantitative estimate of drug-likeness (QED) is 0.429. The van der Waals surface area contributed by atoms with Crippen molar-refractivity contribution in [2.24, 2.45) is 0 Å². The van der Waals surface area contributed by atoms with E-state index in [0.717, 1.165) is 10.0 Å². The molecule has 0 radical (unpaired) electrons. The number of benzene rings is 2. The Morgan fingerprint density at radius 3 is 2.37 bits per heavy atom. The Balaban J connectivity index is 1.74. The number of halogens is 1. The van der Waals surface area contributed by atoms with Crippen LogP contribution in [0.3, 0.4) is 0 Å². The van der Waals surface area contributed by atoms with Gasteiger partial charge < -0.3 is 4.74 Å². The van der Waals surface area contributed by atoms with Gasteiger partial charge in [-0.3, -0.25) is 20.2 Å². The molecule has 2 aromatic carbocycles. The molecule has 27 heavy (non-hydrogen) atoms. The molecule has 0 spiro atoms. The molecule has 0 bridgehead atoms. The Hall–Kier alpha value is -2.51. The molecular formula is C20H17BrN2O3S. The van der Waals surface area contributed by atoms with E-state index in [0.29, 0.717) is 17.9 Å². The van der Waals surface area contributed by atoms with Gasteiger partial charge in [0.05, 0.1) is 4.47 Å². The van der Waals surface area contributed by atoms with E-state index in [9.17, 15) is 9.59 Å². The molecule has 5 nitrogen and oxygen atoms in total. The van der Waals surface area contributed by atoms with E-state index in [1.165, 1.54) is 17.2 Å². The van der Waals surface area contributed by atoms with Crippen molar-refractivity contribution in [3.8, 4) is 5.75 Å². The lowest BCUT2D eigenvalue weighted by Crippen LogP contribution is -2.51. The fraction of sp³-hybridized carbons (Fsp3) is 0.150. The van der Waals surface area contributed by atoms with E-state index < -0.39 is 11.8 Å². The lowest BCUT2D eigenvalue weighted by molar-refractivity contribution is -0.123. The third-order valence-corrected chi connectivity index (χ3v) is 5.00. The summed E-state index contributed by atoms with van der Waals surface area (Å²) in [6.45, 7) is 4.59. The smallest absolute Gasteiger partial charge is 0.263 e. The van der Waals surface area contributed by atoms with Gasteiger partial charge in [0.15, 0.2) is 5.11 Å². The van der Waals surface area contributed by atoms with Crippen molar-refractivity contribution in [3.05, 3.63) is 68.7 Å². The maximum absolute atomic E-state index is 11.9. The summed E-state index contributed by atoms with van der Waals surface area (Å²) in [5.41, 5.74) is 4.24. The summed E-state index contributed by atoms with van der Waals surface area (Å²) >= 11 is 8.26. The summed E-state index contributed by atoms with van der Waals surface area (Å²) < 4.78 is 6.61. The van der Waals surface area contributed by atoms with Crippen LogP contribution in [-0.4, -0.2) is 16.9 Å². The van der Waals surface area contributed by atoms with Crippen molar-refractivity contribution in [3.63, 3.8) is 0 Å². The molecule has 0 aliphatic carbocycles. The minimum Gasteiger partial charge on any atom is -0.488 e. The largest absolute Gasteiger partial charge is 0.488 e. The predicted octanol–water partition coefficient (Wildman–Crippen LogP) is 3.56. The second-order valence-electron chi connectivity index (χ2n) is 6.19. The van der Waals surface area contributed by atoms with Crippen LogP contribution in [0.5, 0.6) is 5.75 Å². The Labute approximate surface area is 170 Å². The van der Waals surface area contributed by atoms with Crippen LogP contribution in [0.2, 0.25) is 0 Å². The fourth-order valence-corrected chi connectivity index (χ4v) is 3.25. The van der Waals surface area contributed by atoms with E-state index in [4.69, 9.17) is 17.0 Å². The topological polar surface area (TPSA) is 67.4 Å². The number of carbonyl (C=O) groups excluding carboxylic acids is 2. The molecule has 0 aromatic heterocycles. The molecule has 7 heteroatoms. The fourth-order valence-electron chi connectivity index (χ4n) is 2.55. The monoisotopic (exact) mass is 444 g/mol. The van der Waals surface area contributed by atoms with Crippen molar-refractivity contribution in [1.82, 2.24) is 10.6 Å². The summed E-state index contributed by atoms with van der Waals surface area (Å²) in [4.78, 5) is 23.8. The van der Waals surface area contributed by atoms with Gasteiger partial charge in [-0.25, -0.2) is 0 Å². The molecule has 0 atom stereocenters. The minimum atomic E-state index is -0.519. The van der Waals surface area contributed by atoms with Crippen LogP contribution >= 0.6 is 28.1 Å². The summed E-state index contributed by atoms with van der Waals surface area (Å²) in [7, 11) is 0. The highest BCUT2D eigenvalue weighted by atomic mass is 79.9. The average Bonchev–Trinajstić information content (AvgIpc) is 2.60. The van der Waals surface area contributed by atoms with E-state index in [2.05, 4.69) is 52.5 Å². The maximum atomic E-state index is 11.9. The zero-order valence-corrected chi connectivity index (χ0v) is 17.2. The first kappa shape index (κ1) is 19.3. The molecule has 1 aliphatic heterocycles. The van der Waals surface area contributed by atoms with Crippen molar-refractivity contribution >= 4 is 51.2 Å². The van der Waals surface area contributed by atoms with Crippen LogP contribution < -0.4 is 15.4 Å². The number of thiocarbonyl (C=S) groups is 1. The number of amides is 2. The van der Waals surface area contributed by atoms with Gasteiger partial charge in [-0.05, 0) is 82.5 Å². The first-order valence-corrected chi connectivity index (χ1v) is 9.40. The summed E-state index contributed by atoms with van der Waals surface area (Å²) in [5.74, 6) is -0.362. The third-order valence-electron chi connectivity index (χ3n) is 4.18. The lowest BCUT2D eigenvalue weighted by atomic mass is 10.1. The molecule has 0 unspecified atom stereocenters. The molecule has 2 N–H and O–H groups in total. The van der Waals surface area contributed by atoms with Crippen molar-refractivity contribution in [1.29, 1.82) is 0 Å². The number of carbonyl (C=O) groups is 2. The average molecular weight is 445 g/mol. The number of aryl methyl sites for hydroxylation is 2. The van der Waals surface area contributed by atoms with Gasteiger partial charge in [0.1, 0.15) is 17.9 Å². The standard InChI is InChI=1S/C20H17BrN2O3S/c1-11-3-4-14(7-12(11)2)10-26-17-6-5-13(9-16(17)21)8-15-18(24)22-20(27)23-19(15)25/h3-9H,10H2,1-2H3,(H2,22,23,24,25,27). The first-order chi connectivity index (χ1) is 12.8. The van der Waals surface area contributed by atoms with Gasteiger partial charge in [0.2, 0.25) is 0 Å². The molecule has 3 rings (SSSR count). The molecule has 1 heterocycles. The van der Waals surface area contributed by atoms with Crippen molar-refractivity contribution < 1.29 is 14.3 Å². The van der Waals surface area contributed by atoms with Gasteiger partial charge in [0, 0.05) is 0 Å². The van der Waals surface area contributed by atoms with Crippen LogP contribution in [0.25, 0.3) is 6.08 Å². The number of rotatable bonds is 4. The van der Waals surface area contributed by atoms with E-state index in [-0.39, 0.29) is 10.7 Å². The van der Waals surface area contributed by atoms with Crippen LogP contribution in [0.15, 0.2) is 46.4 Å². The number of hydrogen-bond donors (Lipinski definition) is 2. The Morgan fingerprint density at radius 2 is 1.74 bits per heavy atom. The van der Waals surface area contributed by atoms with Gasteiger partial charge in [0.25, 0.3) is 11.8 Å². The molecule has 1 saturated heterocycles. The predicted molar refractivity (Wildman–Crippen MR) is 111 cm³/mol. The third kappa shape index (κ3) is 4.61. The second kappa shape index (κ2) is 8.02. The summed E-state index contributed by atoms with van der Waals surface area (Å²) in [5, 5.41) is 4.83. The van der Waals surface area contributed by atoms with Crippen LogP contribution in [0.1, 0.15) is 22.3 Å². The Bertz CT molecular complexity index is 963. The number of hydrogen-bond acceptors (Lipinski definition) is 4. The van der Waals surface area contributed by atoms with Crippen molar-refractivity contribution in [2.45, 2.75) is 20.5 Å². The first-order valence-electron chi connectivity index (χ1n) is 8.20. The van der Waals surface area contributed by atoms with E-state index in [1.54, 1.807) is 18.2 Å². The van der Waals surface area contributed by atoms with E-state index in [1.807, 2.05) is 6.07 Å². The molecule has 1 aliphatic rings. The highest BCUT2D eigenvalue weighted by molar-refractivity contribution is 9.10. The summed E-state index contributed by atoms with van der Waals surface area (Å²) in [6.07, 6.45) is 1.50. The molecule has 1 fully saturated rings. The van der Waals surface area contributed by atoms with Crippen LogP contribution in [0, 0.1) is 13.8 Å². The maximum Gasteiger partial charge on any atom is 0.263 e. The lowest BCUT2D eigenvalue weighted by Gasteiger charge is -2.16. The Kier molecular flexibility index (Phi) is 5.72. The summed E-state index contributed by atoms with van der Waals surface area (Å²) in [6, 6.07) is 11.6. The molecule has 138 valence electrons. The molecule has 2 amide bonds. The number of nitrogens with one attached hydrogen (secondary N) is 2. The zero-order valence-electron chi connectivity index (χ0n) is 14.8. The normalized spacial score (nSPS) is 13.9. The zero-order chi connectivity index (χ0) is 19.6. The van der Waals surface area contributed by atoms with E-state index >= 15 is 0 Å². The minimum absolute atomic E-state index is 0.000649. The second-order valence-corrected chi connectivity index (χ2v) is 7.46. The van der Waals surface area contributed by atoms with Gasteiger partial charge in [-0.2, -0.15) is 0 Å². The SMILES string of the molecule is Cc1ccc(COc2ccc(C=C3C(=O)NC(=S)NC3=O)cc2Br)cc1C. The molecule has 0 saturated carbocycles. The Morgan fingerprint density at radius 1 is 1.04 bits per heavy atom. The highest BCUT2D eigenvalue weighted by Gasteiger charge is 2.25. The number of ether oxygens (including phenoxy) is 1.